The maximum atomic E-state index is 13.4. The molecule has 2 aromatic carbocycles. The highest BCUT2D eigenvalue weighted by Crippen LogP contribution is 2.35. The van der Waals surface area contributed by atoms with Crippen LogP contribution in [-0.2, 0) is 9.53 Å². The summed E-state index contributed by atoms with van der Waals surface area (Å²) in [6.45, 7) is 11.1. The molecular formula is C33H42N4O4. The first-order valence-corrected chi connectivity index (χ1v) is 14.4. The predicted octanol–water partition coefficient (Wildman–Crippen LogP) is 7.20. The Kier molecular flexibility index (Phi) is 9.33. The van der Waals surface area contributed by atoms with Crippen LogP contribution in [0, 0.1) is 6.92 Å². The van der Waals surface area contributed by atoms with Crippen LogP contribution in [0.25, 0.3) is 11.1 Å². The molecule has 4 rings (SSSR count). The average Bonchev–Trinajstić information content (AvgIpc) is 3.29. The molecule has 8 heteroatoms. The number of hydrogen-bond acceptors (Lipinski definition) is 5. The Morgan fingerprint density at radius 2 is 1.61 bits per heavy atom. The van der Waals surface area contributed by atoms with Gasteiger partial charge >= 0.3 is 6.09 Å². The van der Waals surface area contributed by atoms with E-state index in [1.807, 2.05) is 54.1 Å². The Morgan fingerprint density at radius 3 is 2.20 bits per heavy atom. The Bertz CT molecular complexity index is 1390. The summed E-state index contributed by atoms with van der Waals surface area (Å²) in [5.74, 6) is -0.370. The first-order valence-electron chi connectivity index (χ1n) is 14.4. The molecule has 1 fully saturated rings. The SMILES string of the molecule is Cc1nn([C@H](C)c2ccccc2)c(C(C)O)c1-c1ccc(NC(=O)C(NC(=O)OC(C)(C)C)=C2CCCCC2)cc1. The number of nitrogens with zero attached hydrogens (tertiary/aromatic N) is 2. The van der Waals surface area contributed by atoms with E-state index >= 15 is 0 Å². The highest BCUT2D eigenvalue weighted by atomic mass is 16.6. The quantitative estimate of drug-likeness (QED) is 0.266. The van der Waals surface area contributed by atoms with E-state index in [-0.39, 0.29) is 17.6 Å². The van der Waals surface area contributed by atoms with Crippen LogP contribution in [-0.4, -0.2) is 32.5 Å². The largest absolute Gasteiger partial charge is 0.444 e. The lowest BCUT2D eigenvalue weighted by molar-refractivity contribution is -0.113. The van der Waals surface area contributed by atoms with E-state index in [2.05, 4.69) is 29.7 Å². The van der Waals surface area contributed by atoms with Gasteiger partial charge in [-0.05, 0) is 96.1 Å². The van der Waals surface area contributed by atoms with E-state index < -0.39 is 17.8 Å². The Balaban J connectivity index is 1.58. The fourth-order valence-electron chi connectivity index (χ4n) is 5.34. The number of anilines is 1. The van der Waals surface area contributed by atoms with Crippen molar-refractivity contribution in [1.29, 1.82) is 0 Å². The lowest BCUT2D eigenvalue weighted by Gasteiger charge is -2.23. The minimum atomic E-state index is -0.736. The number of hydrogen-bond donors (Lipinski definition) is 3. The van der Waals surface area contributed by atoms with Gasteiger partial charge < -0.3 is 15.2 Å². The average molecular weight is 559 g/mol. The molecule has 1 aromatic heterocycles. The number of ether oxygens (including phenoxy) is 1. The van der Waals surface area contributed by atoms with Crippen LogP contribution >= 0.6 is 0 Å². The summed E-state index contributed by atoms with van der Waals surface area (Å²) in [5, 5.41) is 21.3. The van der Waals surface area contributed by atoms with Crippen LogP contribution < -0.4 is 10.6 Å². The number of amides is 2. The number of aliphatic hydroxyl groups is 1. The number of carbonyl (C=O) groups excluding carboxylic acids is 2. The molecule has 2 atom stereocenters. The molecular weight excluding hydrogens is 516 g/mol. The molecule has 0 saturated heterocycles. The molecule has 3 N–H and O–H groups in total. The van der Waals surface area contributed by atoms with Crippen LogP contribution in [0.1, 0.15) is 95.8 Å². The van der Waals surface area contributed by atoms with E-state index in [1.165, 1.54) is 0 Å². The molecule has 3 aromatic rings. The minimum absolute atomic E-state index is 0.0597. The second kappa shape index (κ2) is 12.7. The minimum Gasteiger partial charge on any atom is -0.444 e. The van der Waals surface area contributed by atoms with E-state index in [4.69, 9.17) is 9.84 Å². The van der Waals surface area contributed by atoms with Gasteiger partial charge in [0.05, 0.1) is 23.5 Å². The second-order valence-corrected chi connectivity index (χ2v) is 11.8. The number of rotatable bonds is 7. The topological polar surface area (TPSA) is 105 Å². The number of aromatic nitrogens is 2. The van der Waals surface area contributed by atoms with Crippen molar-refractivity contribution in [3.8, 4) is 11.1 Å². The number of alkyl carbamates (subject to hydrolysis) is 1. The number of allylic oxidation sites excluding steroid dienone is 1. The summed E-state index contributed by atoms with van der Waals surface area (Å²) in [6, 6.07) is 17.5. The van der Waals surface area contributed by atoms with Gasteiger partial charge in [0, 0.05) is 11.3 Å². The van der Waals surface area contributed by atoms with Crippen molar-refractivity contribution in [2.24, 2.45) is 0 Å². The van der Waals surface area contributed by atoms with Gasteiger partial charge in [0.1, 0.15) is 11.3 Å². The van der Waals surface area contributed by atoms with Gasteiger partial charge in [0.2, 0.25) is 0 Å². The number of benzene rings is 2. The zero-order valence-corrected chi connectivity index (χ0v) is 25.0. The first-order chi connectivity index (χ1) is 19.4. The molecule has 41 heavy (non-hydrogen) atoms. The fourth-order valence-corrected chi connectivity index (χ4v) is 5.34. The molecule has 2 amide bonds. The molecule has 8 nitrogen and oxygen atoms in total. The summed E-state index contributed by atoms with van der Waals surface area (Å²) in [6.07, 6.45) is 3.24. The van der Waals surface area contributed by atoms with E-state index in [0.29, 0.717) is 5.69 Å². The lowest BCUT2D eigenvalue weighted by atomic mass is 9.93. The summed E-state index contributed by atoms with van der Waals surface area (Å²) >= 11 is 0. The number of nitrogens with one attached hydrogen (secondary N) is 2. The lowest BCUT2D eigenvalue weighted by Crippen LogP contribution is -2.36. The highest BCUT2D eigenvalue weighted by molar-refractivity contribution is 6.06. The third-order valence-corrected chi connectivity index (χ3v) is 7.26. The van der Waals surface area contributed by atoms with Gasteiger partial charge in [0.15, 0.2) is 0 Å². The van der Waals surface area contributed by atoms with Crippen LogP contribution in [0.3, 0.4) is 0 Å². The monoisotopic (exact) mass is 558 g/mol. The third kappa shape index (κ3) is 7.44. The van der Waals surface area contributed by atoms with Crippen molar-refractivity contribution in [3.05, 3.63) is 82.8 Å². The van der Waals surface area contributed by atoms with Crippen molar-refractivity contribution >= 4 is 17.7 Å². The molecule has 1 unspecified atom stereocenters. The van der Waals surface area contributed by atoms with Crippen LogP contribution in [0.2, 0.25) is 0 Å². The van der Waals surface area contributed by atoms with Gasteiger partial charge in [-0.15, -0.1) is 0 Å². The third-order valence-electron chi connectivity index (χ3n) is 7.26. The summed E-state index contributed by atoms with van der Waals surface area (Å²) in [5.41, 5.74) is 5.55. The zero-order valence-electron chi connectivity index (χ0n) is 25.0. The second-order valence-electron chi connectivity index (χ2n) is 11.8. The molecule has 0 radical (unpaired) electrons. The molecule has 0 aliphatic heterocycles. The molecule has 1 aliphatic carbocycles. The van der Waals surface area contributed by atoms with Gasteiger partial charge in [-0.2, -0.15) is 5.10 Å². The van der Waals surface area contributed by atoms with Gasteiger partial charge in [-0.3, -0.25) is 14.8 Å². The van der Waals surface area contributed by atoms with Crippen LogP contribution in [0.4, 0.5) is 10.5 Å². The summed E-state index contributed by atoms with van der Waals surface area (Å²) < 4.78 is 7.31. The predicted molar refractivity (Wildman–Crippen MR) is 161 cm³/mol. The normalized spacial score (nSPS) is 15.1. The molecule has 0 spiro atoms. The molecule has 218 valence electrons. The fraction of sp³-hybridized carbons (Fsp3) is 0.424. The van der Waals surface area contributed by atoms with Crippen LogP contribution in [0.5, 0.6) is 0 Å². The van der Waals surface area contributed by atoms with Crippen LogP contribution in [0.15, 0.2) is 65.9 Å². The summed E-state index contributed by atoms with van der Waals surface area (Å²) in [7, 11) is 0. The zero-order chi connectivity index (χ0) is 29.7. The summed E-state index contributed by atoms with van der Waals surface area (Å²) in [4.78, 5) is 25.9. The Labute approximate surface area is 242 Å². The number of aliphatic hydroxyl groups excluding tert-OH is 1. The maximum Gasteiger partial charge on any atom is 0.412 e. The van der Waals surface area contributed by atoms with Crippen molar-refractivity contribution < 1.29 is 19.4 Å². The molecule has 1 heterocycles. The highest BCUT2D eigenvalue weighted by Gasteiger charge is 2.25. The van der Waals surface area contributed by atoms with Crippen molar-refractivity contribution in [2.45, 2.75) is 91.4 Å². The number of aryl methyl sites for hydroxylation is 1. The molecule has 1 aliphatic rings. The number of carbonyl (C=O) groups is 2. The van der Waals surface area contributed by atoms with Gasteiger partial charge in [-0.25, -0.2) is 4.79 Å². The molecule has 1 saturated carbocycles. The van der Waals surface area contributed by atoms with Crippen molar-refractivity contribution in [3.63, 3.8) is 0 Å². The van der Waals surface area contributed by atoms with Crippen molar-refractivity contribution in [1.82, 2.24) is 15.1 Å². The maximum absolute atomic E-state index is 13.4. The first kappa shape index (κ1) is 30.1. The smallest absolute Gasteiger partial charge is 0.412 e. The van der Waals surface area contributed by atoms with Gasteiger partial charge in [-0.1, -0.05) is 48.9 Å². The Hall–Kier alpha value is -3.91. The van der Waals surface area contributed by atoms with Crippen molar-refractivity contribution in [2.75, 3.05) is 5.32 Å². The van der Waals surface area contributed by atoms with E-state index in [9.17, 15) is 14.7 Å². The standard InChI is InChI=1S/C33H42N4O4/c1-21-28(30(23(3)38)37(36-21)22(2)24-13-9-7-10-14-24)25-17-19-27(20-18-25)34-31(39)29(26-15-11-8-12-16-26)35-32(40)41-33(4,5)6/h7,9-10,13-14,17-20,22-23,38H,8,11-12,15-16H2,1-6H3,(H,34,39)(H,35,40)/t22-,23?/m1/s1. The van der Waals surface area contributed by atoms with Gasteiger partial charge in [0.25, 0.3) is 5.91 Å². The molecule has 0 bridgehead atoms. The van der Waals surface area contributed by atoms with E-state index in [1.54, 1.807) is 27.7 Å². The van der Waals surface area contributed by atoms with E-state index in [0.717, 1.165) is 65.8 Å². The Morgan fingerprint density at radius 1 is 0.976 bits per heavy atom.